The van der Waals surface area contributed by atoms with Gasteiger partial charge in [0.1, 0.15) is 0 Å². The van der Waals surface area contributed by atoms with E-state index in [1.54, 1.807) is 18.5 Å². The predicted molar refractivity (Wildman–Crippen MR) is 66.0 cm³/mol. The molecule has 2 atom stereocenters. The second-order valence-corrected chi connectivity index (χ2v) is 4.10. The van der Waals surface area contributed by atoms with Crippen molar-refractivity contribution in [2.24, 2.45) is 5.92 Å². The normalized spacial score (nSPS) is 13.4. The van der Waals surface area contributed by atoms with Gasteiger partial charge in [-0.05, 0) is 18.6 Å². The first-order valence-electron chi connectivity index (χ1n) is 5.67. The van der Waals surface area contributed by atoms with Gasteiger partial charge in [0, 0.05) is 18.9 Å². The highest BCUT2D eigenvalue weighted by atomic mass is 16.4. The fourth-order valence-electron chi connectivity index (χ4n) is 1.30. The fourth-order valence-corrected chi connectivity index (χ4v) is 1.30. The van der Waals surface area contributed by atoms with Gasteiger partial charge in [-0.15, -0.1) is 0 Å². The van der Waals surface area contributed by atoms with Crippen LogP contribution in [0, 0.1) is 5.92 Å². The number of carbonyl (C=O) groups is 2. The average molecular weight is 251 g/mol. The smallest absolute Gasteiger partial charge is 0.315 e. The minimum Gasteiger partial charge on any atom is -0.481 e. The van der Waals surface area contributed by atoms with Crippen LogP contribution in [-0.2, 0) is 4.79 Å². The van der Waals surface area contributed by atoms with Crippen molar-refractivity contribution < 1.29 is 14.7 Å². The van der Waals surface area contributed by atoms with Gasteiger partial charge in [0.15, 0.2) is 0 Å². The maximum atomic E-state index is 11.5. The van der Waals surface area contributed by atoms with Crippen LogP contribution in [-0.4, -0.2) is 28.6 Å². The Morgan fingerprint density at radius 1 is 1.44 bits per heavy atom. The van der Waals surface area contributed by atoms with Gasteiger partial charge in [0.25, 0.3) is 0 Å². The highest BCUT2D eigenvalue weighted by Crippen LogP contribution is 2.09. The Labute approximate surface area is 105 Å². The molecule has 1 heterocycles. The van der Waals surface area contributed by atoms with Crippen LogP contribution in [0.5, 0.6) is 0 Å². The molecule has 1 rings (SSSR count). The van der Waals surface area contributed by atoms with E-state index in [1.807, 2.05) is 13.0 Å². The van der Waals surface area contributed by atoms with E-state index < -0.39 is 11.9 Å². The van der Waals surface area contributed by atoms with E-state index in [2.05, 4.69) is 15.6 Å². The van der Waals surface area contributed by atoms with Crippen LogP contribution in [0.15, 0.2) is 24.5 Å². The Balaban J connectivity index is 2.39. The first kappa shape index (κ1) is 14.0. The highest BCUT2D eigenvalue weighted by Gasteiger charge is 2.13. The summed E-state index contributed by atoms with van der Waals surface area (Å²) in [6.07, 6.45) is 3.33. The zero-order valence-corrected chi connectivity index (χ0v) is 10.4. The molecule has 0 saturated carbocycles. The van der Waals surface area contributed by atoms with Crippen molar-refractivity contribution in [2.45, 2.75) is 19.9 Å². The molecule has 0 aliphatic carbocycles. The lowest BCUT2D eigenvalue weighted by molar-refractivity contribution is -0.140. The number of aromatic nitrogens is 1. The van der Waals surface area contributed by atoms with E-state index in [0.29, 0.717) is 0 Å². The summed E-state index contributed by atoms with van der Waals surface area (Å²) >= 11 is 0. The molecule has 0 aromatic carbocycles. The number of urea groups is 1. The van der Waals surface area contributed by atoms with Crippen molar-refractivity contribution >= 4 is 12.0 Å². The van der Waals surface area contributed by atoms with Crippen molar-refractivity contribution in [1.82, 2.24) is 15.6 Å². The van der Waals surface area contributed by atoms with Gasteiger partial charge in [-0.3, -0.25) is 9.78 Å². The number of aliphatic carboxylic acids is 1. The molecule has 98 valence electrons. The number of hydrogen-bond acceptors (Lipinski definition) is 3. The lowest BCUT2D eigenvalue weighted by Gasteiger charge is -2.15. The van der Waals surface area contributed by atoms with Crippen LogP contribution in [0.4, 0.5) is 4.79 Å². The molecule has 2 unspecified atom stereocenters. The van der Waals surface area contributed by atoms with Crippen LogP contribution in [0.1, 0.15) is 25.5 Å². The molecule has 2 amide bonds. The van der Waals surface area contributed by atoms with Crippen molar-refractivity contribution in [3.05, 3.63) is 30.1 Å². The molecule has 0 saturated heterocycles. The number of amides is 2. The van der Waals surface area contributed by atoms with E-state index >= 15 is 0 Å². The molecule has 1 aromatic rings. The summed E-state index contributed by atoms with van der Waals surface area (Å²) in [7, 11) is 0. The number of carboxylic acid groups (broad SMARTS) is 1. The quantitative estimate of drug-likeness (QED) is 0.732. The van der Waals surface area contributed by atoms with Crippen LogP contribution >= 0.6 is 0 Å². The molecule has 0 radical (unpaired) electrons. The fraction of sp³-hybridized carbons (Fsp3) is 0.417. The number of pyridine rings is 1. The van der Waals surface area contributed by atoms with Gasteiger partial charge < -0.3 is 15.7 Å². The summed E-state index contributed by atoms with van der Waals surface area (Å²) in [5.41, 5.74) is 0.888. The first-order valence-corrected chi connectivity index (χ1v) is 5.67. The Bertz CT molecular complexity index is 408. The minimum atomic E-state index is -0.935. The largest absolute Gasteiger partial charge is 0.481 e. The Morgan fingerprint density at radius 2 is 2.17 bits per heavy atom. The maximum absolute atomic E-state index is 11.5. The SMILES string of the molecule is CC(CNC(=O)NC(C)c1cccnc1)C(=O)O. The third-order valence-corrected chi connectivity index (χ3v) is 2.52. The average Bonchev–Trinajstić information content (AvgIpc) is 2.36. The molecule has 6 nitrogen and oxygen atoms in total. The molecule has 3 N–H and O–H groups in total. The predicted octanol–water partition coefficient (Wildman–Crippen LogP) is 1.16. The monoisotopic (exact) mass is 251 g/mol. The number of carboxylic acids is 1. The van der Waals surface area contributed by atoms with E-state index in [1.165, 1.54) is 6.92 Å². The van der Waals surface area contributed by atoms with E-state index in [0.717, 1.165) is 5.56 Å². The summed E-state index contributed by atoms with van der Waals surface area (Å²) in [5.74, 6) is -1.54. The minimum absolute atomic E-state index is 0.0981. The molecule has 6 heteroatoms. The number of carbonyl (C=O) groups excluding carboxylic acids is 1. The molecule has 1 aromatic heterocycles. The lowest BCUT2D eigenvalue weighted by Crippen LogP contribution is -2.40. The van der Waals surface area contributed by atoms with Gasteiger partial charge in [-0.1, -0.05) is 13.0 Å². The number of hydrogen-bond donors (Lipinski definition) is 3. The van der Waals surface area contributed by atoms with Crippen LogP contribution in [0.2, 0.25) is 0 Å². The van der Waals surface area contributed by atoms with E-state index in [4.69, 9.17) is 5.11 Å². The summed E-state index contributed by atoms with van der Waals surface area (Å²) in [4.78, 5) is 26.1. The maximum Gasteiger partial charge on any atom is 0.315 e. The number of rotatable bonds is 5. The molecule has 0 spiro atoms. The summed E-state index contributed by atoms with van der Waals surface area (Å²) in [6, 6.07) is 3.08. The third-order valence-electron chi connectivity index (χ3n) is 2.52. The van der Waals surface area contributed by atoms with Gasteiger partial charge in [-0.2, -0.15) is 0 Å². The highest BCUT2D eigenvalue weighted by molar-refractivity contribution is 5.76. The molecule has 18 heavy (non-hydrogen) atoms. The Hall–Kier alpha value is -2.11. The van der Waals surface area contributed by atoms with Crippen molar-refractivity contribution in [2.75, 3.05) is 6.54 Å². The summed E-state index contributed by atoms with van der Waals surface area (Å²) < 4.78 is 0. The molecule has 0 aliphatic rings. The number of nitrogens with zero attached hydrogens (tertiary/aromatic N) is 1. The molecule has 0 bridgehead atoms. The second kappa shape index (κ2) is 6.58. The zero-order valence-electron chi connectivity index (χ0n) is 10.4. The van der Waals surface area contributed by atoms with E-state index in [-0.39, 0.29) is 18.6 Å². The lowest BCUT2D eigenvalue weighted by atomic mass is 10.1. The zero-order chi connectivity index (χ0) is 13.5. The van der Waals surface area contributed by atoms with E-state index in [9.17, 15) is 9.59 Å². The standard InChI is InChI=1S/C12H17N3O3/c1-8(11(16)17)6-14-12(18)15-9(2)10-4-3-5-13-7-10/h3-5,7-9H,6H2,1-2H3,(H,16,17)(H2,14,15,18). The first-order chi connectivity index (χ1) is 8.50. The Kier molecular flexibility index (Phi) is 5.10. The molecule has 0 aliphatic heterocycles. The molecular weight excluding hydrogens is 234 g/mol. The molecular formula is C12H17N3O3. The van der Waals surface area contributed by atoms with Crippen LogP contribution in [0.3, 0.4) is 0 Å². The summed E-state index contributed by atoms with van der Waals surface area (Å²) in [5, 5.41) is 13.9. The van der Waals surface area contributed by atoms with Crippen molar-refractivity contribution in [1.29, 1.82) is 0 Å². The Morgan fingerprint density at radius 3 is 2.72 bits per heavy atom. The van der Waals surface area contributed by atoms with Crippen molar-refractivity contribution in [3.63, 3.8) is 0 Å². The summed E-state index contributed by atoms with van der Waals surface area (Å²) in [6.45, 7) is 3.46. The third kappa shape index (κ3) is 4.40. The topological polar surface area (TPSA) is 91.3 Å². The van der Waals surface area contributed by atoms with Crippen molar-refractivity contribution in [3.8, 4) is 0 Å². The van der Waals surface area contributed by atoms with Gasteiger partial charge in [-0.25, -0.2) is 4.79 Å². The van der Waals surface area contributed by atoms with Gasteiger partial charge >= 0.3 is 12.0 Å². The number of nitrogens with one attached hydrogen (secondary N) is 2. The van der Waals surface area contributed by atoms with Crippen LogP contribution < -0.4 is 10.6 Å². The second-order valence-electron chi connectivity index (χ2n) is 4.10. The van der Waals surface area contributed by atoms with Gasteiger partial charge in [0.2, 0.25) is 0 Å². The van der Waals surface area contributed by atoms with Gasteiger partial charge in [0.05, 0.1) is 12.0 Å². The van der Waals surface area contributed by atoms with Crippen LogP contribution in [0.25, 0.3) is 0 Å². The molecule has 0 fully saturated rings.